The van der Waals surface area contributed by atoms with Crippen LogP contribution in [0.2, 0.25) is 0 Å². The Morgan fingerprint density at radius 3 is 2.62 bits per heavy atom. The smallest absolute Gasteiger partial charge is 0.241 e. The Morgan fingerprint density at radius 2 is 2.05 bits per heavy atom. The second-order valence-electron chi connectivity index (χ2n) is 5.01. The van der Waals surface area contributed by atoms with Gasteiger partial charge in [0.25, 0.3) is 0 Å². The van der Waals surface area contributed by atoms with Gasteiger partial charge in [-0.3, -0.25) is 0 Å². The highest BCUT2D eigenvalue weighted by molar-refractivity contribution is 7.89. The third-order valence-electron chi connectivity index (χ3n) is 3.04. The molecule has 1 aromatic carbocycles. The predicted molar refractivity (Wildman–Crippen MR) is 84.6 cm³/mol. The maximum atomic E-state index is 12.4. The van der Waals surface area contributed by atoms with Crippen LogP contribution in [0.5, 0.6) is 0 Å². The molecule has 5 nitrogen and oxygen atoms in total. The monoisotopic (exact) mass is 325 g/mol. The molecule has 0 aliphatic rings. The van der Waals surface area contributed by atoms with Gasteiger partial charge in [-0.2, -0.15) is 0 Å². The molecule has 114 valence electrons. The van der Waals surface area contributed by atoms with E-state index < -0.39 is 10.0 Å². The van der Waals surface area contributed by atoms with E-state index in [1.807, 2.05) is 19.9 Å². The van der Waals surface area contributed by atoms with Gasteiger partial charge in [0.05, 0.1) is 10.9 Å². The van der Waals surface area contributed by atoms with E-state index in [1.165, 1.54) is 11.3 Å². The summed E-state index contributed by atoms with van der Waals surface area (Å²) in [5, 5.41) is 0.749. The van der Waals surface area contributed by atoms with Gasteiger partial charge in [-0.25, -0.2) is 18.1 Å². The van der Waals surface area contributed by atoms with Crippen molar-refractivity contribution in [2.75, 3.05) is 0 Å². The summed E-state index contributed by atoms with van der Waals surface area (Å²) in [7, 11) is -3.59. The first-order valence-corrected chi connectivity index (χ1v) is 8.90. The van der Waals surface area contributed by atoms with Gasteiger partial charge in [0, 0.05) is 17.1 Å². The minimum Gasteiger partial charge on any atom is -0.324 e. The van der Waals surface area contributed by atoms with Crippen molar-refractivity contribution >= 4 is 21.4 Å². The van der Waals surface area contributed by atoms with E-state index in [1.54, 1.807) is 31.3 Å². The van der Waals surface area contributed by atoms with Gasteiger partial charge in [0.2, 0.25) is 10.0 Å². The van der Waals surface area contributed by atoms with Crippen LogP contribution in [0.1, 0.15) is 41.4 Å². The van der Waals surface area contributed by atoms with Gasteiger partial charge in [-0.05, 0) is 38.5 Å². The van der Waals surface area contributed by atoms with E-state index in [0.717, 1.165) is 15.4 Å². The van der Waals surface area contributed by atoms with Crippen LogP contribution in [-0.4, -0.2) is 13.4 Å². The first-order chi connectivity index (χ1) is 9.79. The van der Waals surface area contributed by atoms with Crippen molar-refractivity contribution in [2.45, 2.75) is 37.8 Å². The third kappa shape index (κ3) is 3.88. The Bertz CT molecular complexity index is 723. The maximum Gasteiger partial charge on any atom is 0.241 e. The maximum absolute atomic E-state index is 12.4. The number of benzene rings is 1. The zero-order chi connectivity index (χ0) is 15.6. The zero-order valence-corrected chi connectivity index (χ0v) is 13.8. The van der Waals surface area contributed by atoms with E-state index in [4.69, 9.17) is 5.73 Å². The topological polar surface area (TPSA) is 85.1 Å². The van der Waals surface area contributed by atoms with E-state index in [9.17, 15) is 8.42 Å². The van der Waals surface area contributed by atoms with Crippen LogP contribution in [0.3, 0.4) is 0 Å². The molecule has 0 bridgehead atoms. The molecule has 0 saturated carbocycles. The average Bonchev–Trinajstić information content (AvgIpc) is 2.85. The van der Waals surface area contributed by atoms with Gasteiger partial charge >= 0.3 is 0 Å². The fourth-order valence-electron chi connectivity index (χ4n) is 1.89. The van der Waals surface area contributed by atoms with Gasteiger partial charge in [-0.1, -0.05) is 12.1 Å². The second-order valence-corrected chi connectivity index (χ2v) is 7.99. The van der Waals surface area contributed by atoms with Gasteiger partial charge < -0.3 is 5.73 Å². The predicted octanol–water partition coefficient (Wildman–Crippen LogP) is 2.51. The van der Waals surface area contributed by atoms with Crippen LogP contribution in [0.4, 0.5) is 0 Å². The summed E-state index contributed by atoms with van der Waals surface area (Å²) in [6.07, 6.45) is 1.74. The molecule has 0 saturated heterocycles. The van der Waals surface area contributed by atoms with E-state index >= 15 is 0 Å². The van der Waals surface area contributed by atoms with Crippen molar-refractivity contribution in [3.63, 3.8) is 0 Å². The van der Waals surface area contributed by atoms with Gasteiger partial charge in [0.15, 0.2) is 0 Å². The van der Waals surface area contributed by atoms with Crippen LogP contribution in [0.15, 0.2) is 35.4 Å². The number of hydrogen-bond acceptors (Lipinski definition) is 5. The molecule has 2 unspecified atom stereocenters. The molecule has 21 heavy (non-hydrogen) atoms. The lowest BCUT2D eigenvalue weighted by molar-refractivity contribution is 0.566. The Balaban J connectivity index is 2.24. The van der Waals surface area contributed by atoms with Gasteiger partial charge in [-0.15, -0.1) is 11.3 Å². The first kappa shape index (κ1) is 16.1. The quantitative estimate of drug-likeness (QED) is 0.884. The molecule has 1 aromatic heterocycles. The molecule has 2 atom stereocenters. The number of rotatable bonds is 5. The molecule has 0 fully saturated rings. The molecule has 7 heteroatoms. The third-order valence-corrected chi connectivity index (χ3v) is 5.67. The van der Waals surface area contributed by atoms with Crippen LogP contribution < -0.4 is 10.5 Å². The van der Waals surface area contributed by atoms with Crippen LogP contribution in [0.25, 0.3) is 0 Å². The minimum atomic E-state index is -3.59. The van der Waals surface area contributed by atoms with Crippen molar-refractivity contribution in [3.05, 3.63) is 45.9 Å². The number of nitrogens with two attached hydrogens (primary N) is 1. The normalized spacial score (nSPS) is 14.9. The molecule has 0 aliphatic carbocycles. The number of nitrogens with one attached hydrogen (secondary N) is 1. The second kappa shape index (κ2) is 6.23. The highest BCUT2D eigenvalue weighted by Crippen LogP contribution is 2.22. The number of hydrogen-bond donors (Lipinski definition) is 2. The number of aromatic nitrogens is 1. The highest BCUT2D eigenvalue weighted by Gasteiger charge is 2.20. The summed E-state index contributed by atoms with van der Waals surface area (Å²) in [6.45, 7) is 5.54. The van der Waals surface area contributed by atoms with Crippen molar-refractivity contribution in [3.8, 4) is 0 Å². The summed E-state index contributed by atoms with van der Waals surface area (Å²) in [6, 6.07) is 6.11. The van der Waals surface area contributed by atoms with Crippen LogP contribution >= 0.6 is 11.3 Å². The summed E-state index contributed by atoms with van der Waals surface area (Å²) >= 11 is 1.48. The summed E-state index contributed by atoms with van der Waals surface area (Å²) in [4.78, 5) is 5.48. The zero-order valence-electron chi connectivity index (χ0n) is 12.2. The molecule has 2 rings (SSSR count). The fourth-order valence-corrected chi connectivity index (χ4v) is 4.00. The molecule has 0 aliphatic heterocycles. The van der Waals surface area contributed by atoms with Gasteiger partial charge in [0.1, 0.15) is 5.01 Å². The summed E-state index contributed by atoms with van der Waals surface area (Å²) in [5.41, 5.74) is 6.58. The standard InChI is InChI=1S/C14H19N3O2S2/c1-9-8-16-14(20-9)11(3)17-21(18,19)13-6-4-5-12(7-13)10(2)15/h4-8,10-11,17H,15H2,1-3H3. The molecule has 1 heterocycles. The van der Waals surface area contributed by atoms with Crippen molar-refractivity contribution in [1.82, 2.24) is 9.71 Å². The average molecular weight is 325 g/mol. The lowest BCUT2D eigenvalue weighted by Crippen LogP contribution is -2.27. The van der Waals surface area contributed by atoms with E-state index in [2.05, 4.69) is 9.71 Å². The summed E-state index contributed by atoms with van der Waals surface area (Å²) < 4.78 is 27.5. The lowest BCUT2D eigenvalue weighted by atomic mass is 10.1. The lowest BCUT2D eigenvalue weighted by Gasteiger charge is -2.13. The first-order valence-electron chi connectivity index (χ1n) is 6.60. The SMILES string of the molecule is Cc1cnc(C(C)NS(=O)(=O)c2cccc(C(C)N)c2)s1. The number of nitrogens with zero attached hydrogens (tertiary/aromatic N) is 1. The Labute approximate surface area is 129 Å². The van der Waals surface area contributed by atoms with Crippen LogP contribution in [0, 0.1) is 6.92 Å². The van der Waals surface area contributed by atoms with Crippen molar-refractivity contribution < 1.29 is 8.42 Å². The molecule has 0 spiro atoms. The fraction of sp³-hybridized carbons (Fsp3) is 0.357. The molecular weight excluding hydrogens is 306 g/mol. The number of sulfonamides is 1. The molecule has 0 amide bonds. The molecular formula is C14H19N3O2S2. The minimum absolute atomic E-state index is 0.209. The van der Waals surface area contributed by atoms with E-state index in [0.29, 0.717) is 0 Å². The number of thiazole rings is 1. The van der Waals surface area contributed by atoms with Crippen molar-refractivity contribution in [1.29, 1.82) is 0 Å². The Hall–Kier alpha value is -1.28. The molecule has 3 N–H and O–H groups in total. The molecule has 0 radical (unpaired) electrons. The highest BCUT2D eigenvalue weighted by atomic mass is 32.2. The summed E-state index contributed by atoms with van der Waals surface area (Å²) in [5.74, 6) is 0. The molecule has 2 aromatic rings. The van der Waals surface area contributed by atoms with Crippen molar-refractivity contribution in [2.24, 2.45) is 5.73 Å². The van der Waals surface area contributed by atoms with E-state index in [-0.39, 0.29) is 17.0 Å². The number of aryl methyl sites for hydroxylation is 1. The largest absolute Gasteiger partial charge is 0.324 e. The van der Waals surface area contributed by atoms with Crippen LogP contribution in [-0.2, 0) is 10.0 Å². The Kier molecular flexibility index (Phi) is 4.77. The Morgan fingerprint density at radius 1 is 1.33 bits per heavy atom.